The molecule has 0 saturated heterocycles. The van der Waals surface area contributed by atoms with Crippen LogP contribution in [0.3, 0.4) is 0 Å². The van der Waals surface area contributed by atoms with Gasteiger partial charge < -0.3 is 19.9 Å². The molecule has 0 aliphatic carbocycles. The maximum Gasteiger partial charge on any atom is 0.306 e. The molecule has 0 saturated carbocycles. The van der Waals surface area contributed by atoms with Crippen molar-refractivity contribution in [2.45, 2.75) is 17.4 Å². The van der Waals surface area contributed by atoms with Crippen LogP contribution >= 0.6 is 11.8 Å². The number of methoxy groups -OCH3 is 2. The first-order valence-electron chi connectivity index (χ1n) is 6.33. The Morgan fingerprint density at radius 3 is 2.48 bits per heavy atom. The molecule has 0 bridgehead atoms. The van der Waals surface area contributed by atoms with Crippen LogP contribution in [0.4, 0.5) is 0 Å². The zero-order valence-electron chi connectivity index (χ0n) is 12.0. The minimum absolute atomic E-state index is 0.137. The van der Waals surface area contributed by atoms with E-state index in [1.165, 1.54) is 18.9 Å². The maximum absolute atomic E-state index is 11.7. The van der Waals surface area contributed by atoms with Gasteiger partial charge in [0.15, 0.2) is 0 Å². The van der Waals surface area contributed by atoms with Gasteiger partial charge in [-0.15, -0.1) is 11.8 Å². The monoisotopic (exact) mass is 313 g/mol. The molecule has 7 heteroatoms. The average Bonchev–Trinajstić information content (AvgIpc) is 2.49. The number of carboxylic acids is 1. The van der Waals surface area contributed by atoms with Crippen molar-refractivity contribution in [3.05, 3.63) is 24.3 Å². The second kappa shape index (κ2) is 9.25. The molecule has 0 aromatic heterocycles. The Hall–Kier alpha value is -1.73. The third-order valence-corrected chi connectivity index (χ3v) is 3.70. The van der Waals surface area contributed by atoms with Gasteiger partial charge in [0.05, 0.1) is 25.4 Å². The first-order chi connectivity index (χ1) is 10.0. The van der Waals surface area contributed by atoms with Gasteiger partial charge in [-0.25, -0.2) is 0 Å². The fourth-order valence-electron chi connectivity index (χ4n) is 1.53. The zero-order chi connectivity index (χ0) is 15.7. The molecule has 6 nitrogen and oxygen atoms in total. The van der Waals surface area contributed by atoms with Crippen molar-refractivity contribution in [3.63, 3.8) is 0 Å². The average molecular weight is 313 g/mol. The molecule has 21 heavy (non-hydrogen) atoms. The standard InChI is InChI=1S/C14H19NO5S/c1-19-10-3-5-12(6-4-10)21-9-13(16)15-8-11(20-2)7-14(17)18/h3-6,11H,7-9H2,1-2H3,(H,15,16)(H,17,18). The van der Waals surface area contributed by atoms with Gasteiger partial charge in [-0.1, -0.05) is 0 Å². The van der Waals surface area contributed by atoms with E-state index < -0.39 is 12.1 Å². The van der Waals surface area contributed by atoms with E-state index in [2.05, 4.69) is 5.32 Å². The number of hydrogen-bond donors (Lipinski definition) is 2. The number of ether oxygens (including phenoxy) is 2. The molecule has 0 aliphatic rings. The normalized spacial score (nSPS) is 11.7. The van der Waals surface area contributed by atoms with Gasteiger partial charge in [-0.05, 0) is 24.3 Å². The third kappa shape index (κ3) is 7.01. The Morgan fingerprint density at radius 2 is 1.95 bits per heavy atom. The number of nitrogens with one attached hydrogen (secondary N) is 1. The quantitative estimate of drug-likeness (QED) is 0.670. The first kappa shape index (κ1) is 17.3. The number of rotatable bonds is 9. The number of benzene rings is 1. The maximum atomic E-state index is 11.7. The number of carbonyl (C=O) groups excluding carboxylic acids is 1. The van der Waals surface area contributed by atoms with Gasteiger partial charge in [-0.2, -0.15) is 0 Å². The van der Waals surface area contributed by atoms with Crippen LogP contribution in [0, 0.1) is 0 Å². The van der Waals surface area contributed by atoms with Crippen molar-refractivity contribution in [3.8, 4) is 5.75 Å². The van der Waals surface area contributed by atoms with Crippen molar-refractivity contribution in [2.75, 3.05) is 26.5 Å². The molecule has 1 rings (SSSR count). The Bertz CT molecular complexity index is 463. The van der Waals surface area contributed by atoms with Crippen molar-refractivity contribution >= 4 is 23.6 Å². The highest BCUT2D eigenvalue weighted by Gasteiger charge is 2.13. The van der Waals surface area contributed by atoms with E-state index in [4.69, 9.17) is 14.6 Å². The zero-order valence-corrected chi connectivity index (χ0v) is 12.8. The van der Waals surface area contributed by atoms with Crippen molar-refractivity contribution < 1.29 is 24.2 Å². The summed E-state index contributed by atoms with van der Waals surface area (Å²) >= 11 is 1.40. The van der Waals surface area contributed by atoms with Crippen LogP contribution in [0.15, 0.2) is 29.2 Å². The molecule has 0 heterocycles. The van der Waals surface area contributed by atoms with E-state index in [1.54, 1.807) is 7.11 Å². The second-order valence-corrected chi connectivity index (χ2v) is 5.27. The van der Waals surface area contributed by atoms with Crippen molar-refractivity contribution in [1.82, 2.24) is 5.32 Å². The smallest absolute Gasteiger partial charge is 0.306 e. The Kier molecular flexibility index (Phi) is 7.63. The molecule has 1 aromatic carbocycles. The van der Waals surface area contributed by atoms with Gasteiger partial charge in [0.2, 0.25) is 5.91 Å². The third-order valence-electron chi connectivity index (χ3n) is 2.69. The van der Waals surface area contributed by atoms with Crippen LogP contribution in [0.5, 0.6) is 5.75 Å². The Labute approximate surface area is 127 Å². The minimum Gasteiger partial charge on any atom is -0.497 e. The van der Waals surface area contributed by atoms with Crippen LogP contribution in [0.2, 0.25) is 0 Å². The lowest BCUT2D eigenvalue weighted by Gasteiger charge is -2.13. The molecule has 0 aliphatic heterocycles. The fourth-order valence-corrected chi connectivity index (χ4v) is 2.26. The number of thioether (sulfide) groups is 1. The molecule has 1 atom stereocenters. The van der Waals surface area contributed by atoms with E-state index in [1.807, 2.05) is 24.3 Å². The predicted octanol–water partition coefficient (Wildman–Crippen LogP) is 1.39. The highest BCUT2D eigenvalue weighted by atomic mass is 32.2. The van der Waals surface area contributed by atoms with Gasteiger partial charge in [0, 0.05) is 18.6 Å². The van der Waals surface area contributed by atoms with Gasteiger partial charge >= 0.3 is 5.97 Å². The van der Waals surface area contributed by atoms with Crippen LogP contribution in [0.25, 0.3) is 0 Å². The summed E-state index contributed by atoms with van der Waals surface area (Å²) in [5.74, 6) is -0.0945. The largest absolute Gasteiger partial charge is 0.497 e. The van der Waals surface area contributed by atoms with E-state index in [-0.39, 0.29) is 24.6 Å². The van der Waals surface area contributed by atoms with Crippen molar-refractivity contribution in [2.24, 2.45) is 0 Å². The molecular formula is C14H19NO5S. The summed E-state index contributed by atoms with van der Waals surface area (Å²) in [5, 5.41) is 11.3. The number of amides is 1. The summed E-state index contributed by atoms with van der Waals surface area (Å²) in [4.78, 5) is 23.2. The highest BCUT2D eigenvalue weighted by molar-refractivity contribution is 8.00. The van der Waals surface area contributed by atoms with Crippen LogP contribution in [-0.4, -0.2) is 49.6 Å². The Morgan fingerprint density at radius 1 is 1.29 bits per heavy atom. The molecule has 0 radical (unpaired) electrons. The summed E-state index contributed by atoms with van der Waals surface area (Å²) < 4.78 is 10.0. The van der Waals surface area contributed by atoms with E-state index in [9.17, 15) is 9.59 Å². The lowest BCUT2D eigenvalue weighted by molar-refractivity contribution is -0.140. The van der Waals surface area contributed by atoms with Gasteiger partial charge in [0.25, 0.3) is 0 Å². The number of hydrogen-bond acceptors (Lipinski definition) is 5. The lowest BCUT2D eigenvalue weighted by atomic mass is 10.2. The molecule has 0 spiro atoms. The van der Waals surface area contributed by atoms with Crippen LogP contribution < -0.4 is 10.1 Å². The molecular weight excluding hydrogens is 294 g/mol. The van der Waals surface area contributed by atoms with E-state index in [0.29, 0.717) is 0 Å². The first-order valence-corrected chi connectivity index (χ1v) is 7.32. The molecule has 1 aromatic rings. The topological polar surface area (TPSA) is 84.9 Å². The fraction of sp³-hybridized carbons (Fsp3) is 0.429. The molecule has 1 unspecified atom stereocenters. The van der Waals surface area contributed by atoms with E-state index >= 15 is 0 Å². The number of carboxylic acid groups (broad SMARTS) is 1. The molecule has 1 amide bonds. The summed E-state index contributed by atoms with van der Waals surface area (Å²) in [6, 6.07) is 7.40. The Balaban J connectivity index is 2.31. The van der Waals surface area contributed by atoms with Gasteiger partial charge in [-0.3, -0.25) is 9.59 Å². The summed E-state index contributed by atoms with van der Waals surface area (Å²) in [6.45, 7) is 0.185. The van der Waals surface area contributed by atoms with Crippen LogP contribution in [0.1, 0.15) is 6.42 Å². The number of carbonyl (C=O) groups is 2. The summed E-state index contributed by atoms with van der Waals surface area (Å²) in [6.07, 6.45) is -0.653. The SMILES string of the molecule is COc1ccc(SCC(=O)NCC(CC(=O)O)OC)cc1. The van der Waals surface area contributed by atoms with E-state index in [0.717, 1.165) is 10.6 Å². The lowest BCUT2D eigenvalue weighted by Crippen LogP contribution is -2.35. The second-order valence-electron chi connectivity index (χ2n) is 4.22. The number of aliphatic carboxylic acids is 1. The summed E-state index contributed by atoms with van der Waals surface area (Å²) in [5.41, 5.74) is 0. The molecule has 116 valence electrons. The van der Waals surface area contributed by atoms with Gasteiger partial charge in [0.1, 0.15) is 5.75 Å². The highest BCUT2D eigenvalue weighted by Crippen LogP contribution is 2.20. The minimum atomic E-state index is -0.955. The van der Waals surface area contributed by atoms with Crippen molar-refractivity contribution in [1.29, 1.82) is 0 Å². The molecule has 0 fully saturated rings. The predicted molar refractivity (Wildman–Crippen MR) is 79.8 cm³/mol. The van der Waals surface area contributed by atoms with Crippen LogP contribution in [-0.2, 0) is 14.3 Å². The molecule has 2 N–H and O–H groups in total. The summed E-state index contributed by atoms with van der Waals surface area (Å²) in [7, 11) is 3.02.